The Kier molecular flexibility index (Phi) is 4.24. The smallest absolute Gasteiger partial charge is 0.230 e. The summed E-state index contributed by atoms with van der Waals surface area (Å²) >= 11 is 6.27. The number of nitrogens with zero attached hydrogens (tertiary/aromatic N) is 3. The van der Waals surface area contributed by atoms with E-state index in [2.05, 4.69) is 16.4 Å². The first-order valence-electron chi connectivity index (χ1n) is 7.37. The molecule has 1 amide bonds. The van der Waals surface area contributed by atoms with E-state index in [1.165, 1.54) is 0 Å². The van der Waals surface area contributed by atoms with E-state index in [1.807, 2.05) is 31.1 Å². The topological polar surface area (TPSA) is 68.5 Å². The highest BCUT2D eigenvalue weighted by Crippen LogP contribution is 2.37. The Hall–Kier alpha value is -2.84. The van der Waals surface area contributed by atoms with Gasteiger partial charge in [-0.1, -0.05) is 23.7 Å². The van der Waals surface area contributed by atoms with Crippen LogP contribution in [0.5, 0.6) is 0 Å². The summed E-state index contributed by atoms with van der Waals surface area (Å²) in [4.78, 5) is 18.8. The molecule has 2 aromatic rings. The van der Waals surface area contributed by atoms with Gasteiger partial charge in [0.05, 0.1) is 45.8 Å². The predicted molar refractivity (Wildman–Crippen MR) is 96.4 cm³/mol. The molecule has 1 aliphatic heterocycles. The first kappa shape index (κ1) is 16.0. The van der Waals surface area contributed by atoms with Gasteiger partial charge in [0.15, 0.2) is 0 Å². The number of hydrogen-bond donors (Lipinski definition) is 1. The molecule has 1 N–H and O–H groups in total. The van der Waals surface area contributed by atoms with Gasteiger partial charge in [0, 0.05) is 14.1 Å². The fraction of sp³-hybridized carbons (Fsp3) is 0.167. The Morgan fingerprint density at radius 1 is 1.29 bits per heavy atom. The van der Waals surface area contributed by atoms with Gasteiger partial charge in [0.2, 0.25) is 5.91 Å². The van der Waals surface area contributed by atoms with E-state index < -0.39 is 0 Å². The number of nitriles is 1. The van der Waals surface area contributed by atoms with Crippen LogP contribution in [-0.4, -0.2) is 25.7 Å². The number of fused-ring (bicyclic) bond motifs is 1. The van der Waals surface area contributed by atoms with Gasteiger partial charge in [-0.3, -0.25) is 9.79 Å². The molecular weight excluding hydrogens is 324 g/mol. The molecule has 0 aromatic heterocycles. The van der Waals surface area contributed by atoms with Crippen LogP contribution in [-0.2, 0) is 4.79 Å². The molecule has 24 heavy (non-hydrogen) atoms. The molecule has 0 saturated carbocycles. The minimum Gasteiger partial charge on any atom is -0.376 e. The fourth-order valence-electron chi connectivity index (χ4n) is 2.55. The minimum absolute atomic E-state index is 0.137. The lowest BCUT2D eigenvalue weighted by molar-refractivity contribution is -0.115. The second kappa shape index (κ2) is 6.34. The summed E-state index contributed by atoms with van der Waals surface area (Å²) in [5.74, 6) is -0.163. The standard InChI is InChI=1S/C18H15ClN4O/c1-23(2)17-8-16-15(7-13(17)19)22-18(24)9-14(21-16)12-5-3-4-11(6-12)10-20/h3-8H,9H2,1-2H3,(H,22,24). The van der Waals surface area contributed by atoms with E-state index >= 15 is 0 Å². The van der Waals surface area contributed by atoms with E-state index in [-0.39, 0.29) is 12.3 Å². The number of aliphatic imine (C=N–C) groups is 1. The molecule has 0 fully saturated rings. The summed E-state index contributed by atoms with van der Waals surface area (Å²) in [6, 6.07) is 12.7. The van der Waals surface area contributed by atoms with Crippen molar-refractivity contribution in [1.29, 1.82) is 5.26 Å². The number of hydrogen-bond acceptors (Lipinski definition) is 4. The maximum Gasteiger partial charge on any atom is 0.230 e. The van der Waals surface area contributed by atoms with Crippen molar-refractivity contribution in [3.8, 4) is 6.07 Å². The lowest BCUT2D eigenvalue weighted by Gasteiger charge is -2.16. The van der Waals surface area contributed by atoms with Crippen molar-refractivity contribution >= 4 is 40.3 Å². The number of benzene rings is 2. The van der Waals surface area contributed by atoms with E-state index in [0.717, 1.165) is 11.3 Å². The molecule has 0 bridgehead atoms. The summed E-state index contributed by atoms with van der Waals surface area (Å²) in [6.07, 6.45) is 0.137. The van der Waals surface area contributed by atoms with Crippen molar-refractivity contribution in [2.45, 2.75) is 6.42 Å². The molecule has 0 spiro atoms. The van der Waals surface area contributed by atoms with Gasteiger partial charge < -0.3 is 10.2 Å². The van der Waals surface area contributed by atoms with Crippen LogP contribution in [0.4, 0.5) is 17.1 Å². The van der Waals surface area contributed by atoms with Crippen LogP contribution >= 0.6 is 11.6 Å². The Balaban J connectivity index is 2.15. The van der Waals surface area contributed by atoms with Crippen LogP contribution in [0.25, 0.3) is 0 Å². The predicted octanol–water partition coefficient (Wildman–Crippen LogP) is 3.74. The van der Waals surface area contributed by atoms with Gasteiger partial charge in [-0.15, -0.1) is 0 Å². The van der Waals surface area contributed by atoms with Crippen LogP contribution in [0, 0.1) is 11.3 Å². The molecule has 120 valence electrons. The average Bonchev–Trinajstić information content (AvgIpc) is 2.71. The Bertz CT molecular complexity index is 896. The van der Waals surface area contributed by atoms with Crippen LogP contribution < -0.4 is 10.2 Å². The van der Waals surface area contributed by atoms with Gasteiger partial charge in [0.25, 0.3) is 0 Å². The number of halogens is 1. The third-order valence-corrected chi connectivity index (χ3v) is 4.03. The summed E-state index contributed by atoms with van der Waals surface area (Å²) < 4.78 is 0. The monoisotopic (exact) mass is 338 g/mol. The molecule has 0 atom stereocenters. The molecule has 3 rings (SSSR count). The lowest BCUT2D eigenvalue weighted by Crippen LogP contribution is -2.15. The van der Waals surface area contributed by atoms with Gasteiger partial charge in [-0.2, -0.15) is 5.26 Å². The average molecular weight is 339 g/mol. The highest BCUT2D eigenvalue weighted by molar-refractivity contribution is 6.34. The van der Waals surface area contributed by atoms with Crippen LogP contribution in [0.2, 0.25) is 5.02 Å². The maximum atomic E-state index is 12.2. The second-order valence-electron chi connectivity index (χ2n) is 5.69. The number of carbonyl (C=O) groups is 1. The van der Waals surface area contributed by atoms with Gasteiger partial charge in [-0.05, 0) is 29.8 Å². The zero-order valence-electron chi connectivity index (χ0n) is 13.3. The Labute approximate surface area is 145 Å². The van der Waals surface area contributed by atoms with Gasteiger partial charge in [0.1, 0.15) is 0 Å². The van der Waals surface area contributed by atoms with Crippen molar-refractivity contribution in [3.05, 3.63) is 52.5 Å². The zero-order valence-corrected chi connectivity index (χ0v) is 14.1. The largest absolute Gasteiger partial charge is 0.376 e. The first-order valence-corrected chi connectivity index (χ1v) is 7.74. The molecule has 1 aliphatic rings. The molecule has 0 unspecified atom stereocenters. The molecule has 0 radical (unpaired) electrons. The van der Waals surface area contributed by atoms with E-state index in [9.17, 15) is 4.79 Å². The quantitative estimate of drug-likeness (QED) is 0.906. The number of rotatable bonds is 2. The van der Waals surface area contributed by atoms with Crippen molar-refractivity contribution < 1.29 is 4.79 Å². The Morgan fingerprint density at radius 3 is 2.79 bits per heavy atom. The molecular formula is C18H15ClN4O. The summed E-state index contributed by atoms with van der Waals surface area (Å²) in [7, 11) is 3.79. The van der Waals surface area contributed by atoms with Crippen molar-refractivity contribution in [2.24, 2.45) is 4.99 Å². The van der Waals surface area contributed by atoms with Crippen LogP contribution in [0.15, 0.2) is 41.4 Å². The van der Waals surface area contributed by atoms with Crippen LogP contribution in [0.1, 0.15) is 17.5 Å². The molecule has 6 heteroatoms. The van der Waals surface area contributed by atoms with Gasteiger partial charge >= 0.3 is 0 Å². The van der Waals surface area contributed by atoms with E-state index in [1.54, 1.807) is 24.3 Å². The third kappa shape index (κ3) is 3.10. The van der Waals surface area contributed by atoms with E-state index in [4.69, 9.17) is 16.9 Å². The number of nitrogens with one attached hydrogen (secondary N) is 1. The summed E-state index contributed by atoms with van der Waals surface area (Å²) in [5.41, 5.74) is 3.97. The fourth-order valence-corrected chi connectivity index (χ4v) is 2.89. The van der Waals surface area contributed by atoms with E-state index in [0.29, 0.717) is 27.7 Å². The summed E-state index contributed by atoms with van der Waals surface area (Å²) in [5, 5.41) is 12.4. The van der Waals surface area contributed by atoms with Crippen molar-refractivity contribution in [2.75, 3.05) is 24.3 Å². The van der Waals surface area contributed by atoms with Crippen molar-refractivity contribution in [3.63, 3.8) is 0 Å². The SMILES string of the molecule is CN(C)c1cc2c(cc1Cl)NC(=O)CC(c1cccc(C#N)c1)=N2. The number of anilines is 2. The Morgan fingerprint density at radius 2 is 2.08 bits per heavy atom. The number of carbonyl (C=O) groups excluding carboxylic acids is 1. The summed E-state index contributed by atoms with van der Waals surface area (Å²) in [6.45, 7) is 0. The molecule has 0 aliphatic carbocycles. The highest BCUT2D eigenvalue weighted by atomic mass is 35.5. The highest BCUT2D eigenvalue weighted by Gasteiger charge is 2.19. The lowest BCUT2D eigenvalue weighted by atomic mass is 10.0. The molecule has 2 aromatic carbocycles. The van der Waals surface area contributed by atoms with Crippen molar-refractivity contribution in [1.82, 2.24) is 0 Å². The van der Waals surface area contributed by atoms with Gasteiger partial charge in [-0.25, -0.2) is 0 Å². The maximum absolute atomic E-state index is 12.2. The zero-order chi connectivity index (χ0) is 17.3. The third-order valence-electron chi connectivity index (χ3n) is 3.73. The van der Waals surface area contributed by atoms with Crippen LogP contribution in [0.3, 0.4) is 0 Å². The molecule has 0 saturated heterocycles. The first-order chi connectivity index (χ1) is 11.5. The number of amides is 1. The molecule has 5 nitrogen and oxygen atoms in total. The normalized spacial score (nSPS) is 13.2. The molecule has 1 heterocycles. The second-order valence-corrected chi connectivity index (χ2v) is 6.10. The minimum atomic E-state index is -0.163.